The number of carbonyl (C=O) groups excluding carboxylic acids is 1. The first-order valence-corrected chi connectivity index (χ1v) is 9.39. The van der Waals surface area contributed by atoms with Gasteiger partial charge in [-0.1, -0.05) is 37.3 Å². The third-order valence-electron chi connectivity index (χ3n) is 5.09. The van der Waals surface area contributed by atoms with Crippen LogP contribution in [-0.2, 0) is 11.2 Å². The van der Waals surface area contributed by atoms with Gasteiger partial charge in [0.15, 0.2) is 5.65 Å². The van der Waals surface area contributed by atoms with Crippen molar-refractivity contribution in [3.05, 3.63) is 76.2 Å². The maximum absolute atomic E-state index is 13.1. The monoisotopic (exact) mass is 374 g/mol. The van der Waals surface area contributed by atoms with Gasteiger partial charge in [0.1, 0.15) is 6.04 Å². The Morgan fingerprint density at radius 3 is 2.64 bits per heavy atom. The molecule has 2 aromatic heterocycles. The fourth-order valence-corrected chi connectivity index (χ4v) is 3.69. The van der Waals surface area contributed by atoms with E-state index in [1.807, 2.05) is 71.6 Å². The normalized spacial score (nSPS) is 12.4. The fourth-order valence-electron chi connectivity index (χ4n) is 3.69. The van der Waals surface area contributed by atoms with Crippen LogP contribution < -0.4 is 10.9 Å². The Hall–Kier alpha value is -3.41. The van der Waals surface area contributed by atoms with Crippen LogP contribution in [0.3, 0.4) is 0 Å². The van der Waals surface area contributed by atoms with Crippen molar-refractivity contribution >= 4 is 28.1 Å². The van der Waals surface area contributed by atoms with Crippen molar-refractivity contribution in [2.75, 3.05) is 5.32 Å². The van der Waals surface area contributed by atoms with Crippen LogP contribution >= 0.6 is 0 Å². The number of hydrogen-bond donors (Lipinski definition) is 1. The first-order valence-electron chi connectivity index (χ1n) is 9.39. The summed E-state index contributed by atoms with van der Waals surface area (Å²) in [5.41, 5.74) is 3.79. The molecule has 0 saturated carbocycles. The van der Waals surface area contributed by atoms with Crippen LogP contribution in [0, 0.1) is 6.92 Å². The Morgan fingerprint density at radius 1 is 1.14 bits per heavy atom. The average Bonchev–Trinajstić information content (AvgIpc) is 3.02. The van der Waals surface area contributed by atoms with E-state index in [1.54, 1.807) is 0 Å². The number of hydrogen-bond acceptors (Lipinski definition) is 3. The van der Waals surface area contributed by atoms with E-state index in [4.69, 9.17) is 0 Å². The number of rotatable bonds is 4. The molecule has 6 heteroatoms. The van der Waals surface area contributed by atoms with Gasteiger partial charge >= 0.3 is 0 Å². The summed E-state index contributed by atoms with van der Waals surface area (Å²) >= 11 is 0. The molecule has 4 rings (SSSR count). The van der Waals surface area contributed by atoms with Crippen LogP contribution in [-0.4, -0.2) is 20.1 Å². The second-order valence-electron chi connectivity index (χ2n) is 6.91. The van der Waals surface area contributed by atoms with Gasteiger partial charge in [-0.3, -0.25) is 14.3 Å². The third-order valence-corrected chi connectivity index (χ3v) is 5.09. The van der Waals surface area contributed by atoms with Crippen molar-refractivity contribution in [1.29, 1.82) is 0 Å². The summed E-state index contributed by atoms with van der Waals surface area (Å²) in [5, 5.41) is 3.90. The molecule has 0 bridgehead atoms. The highest BCUT2D eigenvalue weighted by molar-refractivity contribution is 5.97. The molecule has 1 N–H and O–H groups in total. The Morgan fingerprint density at radius 2 is 1.86 bits per heavy atom. The van der Waals surface area contributed by atoms with Crippen molar-refractivity contribution in [1.82, 2.24) is 14.2 Å². The third kappa shape index (κ3) is 2.87. The maximum Gasteiger partial charge on any atom is 0.273 e. The highest BCUT2D eigenvalue weighted by Gasteiger charge is 2.22. The molecule has 1 amide bonds. The molecule has 0 aliphatic heterocycles. The van der Waals surface area contributed by atoms with Crippen molar-refractivity contribution in [2.45, 2.75) is 33.2 Å². The number of carbonyl (C=O) groups is 1. The van der Waals surface area contributed by atoms with E-state index in [-0.39, 0.29) is 11.5 Å². The van der Waals surface area contributed by atoms with E-state index < -0.39 is 6.04 Å². The number of fused-ring (bicyclic) bond motifs is 3. The van der Waals surface area contributed by atoms with Crippen LogP contribution in [0.15, 0.2) is 59.4 Å². The minimum Gasteiger partial charge on any atom is -0.324 e. The van der Waals surface area contributed by atoms with Gasteiger partial charge < -0.3 is 5.32 Å². The lowest BCUT2D eigenvalue weighted by Crippen LogP contribution is -2.27. The molecule has 142 valence electrons. The van der Waals surface area contributed by atoms with E-state index in [9.17, 15) is 9.59 Å². The quantitative estimate of drug-likeness (QED) is 0.592. The molecule has 0 aliphatic rings. The van der Waals surface area contributed by atoms with Gasteiger partial charge in [-0.2, -0.15) is 4.98 Å². The number of nitrogens with zero attached hydrogens (tertiary/aromatic N) is 3. The number of aryl methyl sites for hydroxylation is 2. The Balaban J connectivity index is 1.85. The molecule has 2 heterocycles. The van der Waals surface area contributed by atoms with E-state index >= 15 is 0 Å². The molecule has 0 radical (unpaired) electrons. The first-order chi connectivity index (χ1) is 13.5. The predicted molar refractivity (Wildman–Crippen MR) is 111 cm³/mol. The van der Waals surface area contributed by atoms with Crippen LogP contribution in [0.5, 0.6) is 0 Å². The molecular formula is C22H22N4O2. The Labute approximate surface area is 162 Å². The summed E-state index contributed by atoms with van der Waals surface area (Å²) in [5.74, 6) is -0.123. The van der Waals surface area contributed by atoms with E-state index in [0.717, 1.165) is 34.3 Å². The molecule has 28 heavy (non-hydrogen) atoms. The molecule has 2 aromatic carbocycles. The number of anilines is 1. The number of amides is 1. The second-order valence-corrected chi connectivity index (χ2v) is 6.91. The van der Waals surface area contributed by atoms with Gasteiger partial charge in [0, 0.05) is 22.8 Å². The lowest BCUT2D eigenvalue weighted by Gasteiger charge is -2.19. The number of nitrogens with one attached hydrogen (secondary N) is 1. The molecule has 0 unspecified atom stereocenters. The lowest BCUT2D eigenvalue weighted by molar-refractivity contribution is -0.119. The van der Waals surface area contributed by atoms with Gasteiger partial charge in [0.2, 0.25) is 5.91 Å². The van der Waals surface area contributed by atoms with Gasteiger partial charge in [-0.05, 0) is 44.0 Å². The molecular weight excluding hydrogens is 352 g/mol. The smallest absolute Gasteiger partial charge is 0.273 e. The van der Waals surface area contributed by atoms with Gasteiger partial charge in [-0.25, -0.2) is 4.52 Å². The van der Waals surface area contributed by atoms with Crippen molar-refractivity contribution in [3.8, 4) is 0 Å². The van der Waals surface area contributed by atoms with Crippen LogP contribution in [0.25, 0.3) is 16.6 Å². The highest BCUT2D eigenvalue weighted by Crippen LogP contribution is 2.26. The van der Waals surface area contributed by atoms with E-state index in [0.29, 0.717) is 5.65 Å². The minimum absolute atomic E-state index is 0.123. The zero-order chi connectivity index (χ0) is 19.8. The van der Waals surface area contributed by atoms with Crippen LogP contribution in [0.1, 0.15) is 31.1 Å². The summed E-state index contributed by atoms with van der Waals surface area (Å²) in [4.78, 5) is 29.3. The zero-order valence-corrected chi connectivity index (χ0v) is 16.1. The summed E-state index contributed by atoms with van der Waals surface area (Å²) < 4.78 is 3.75. The summed E-state index contributed by atoms with van der Waals surface area (Å²) in [6, 6.07) is 16.5. The zero-order valence-electron chi connectivity index (χ0n) is 16.1. The molecule has 0 saturated heterocycles. The predicted octanol–water partition coefficient (Wildman–Crippen LogP) is 3.72. The molecule has 6 nitrogen and oxygen atoms in total. The minimum atomic E-state index is -0.504. The van der Waals surface area contributed by atoms with Gasteiger partial charge in [-0.15, -0.1) is 0 Å². The average molecular weight is 374 g/mol. The summed E-state index contributed by atoms with van der Waals surface area (Å²) in [7, 11) is 0. The lowest BCUT2D eigenvalue weighted by atomic mass is 10.1. The van der Waals surface area contributed by atoms with Crippen LogP contribution in [0.2, 0.25) is 0 Å². The first kappa shape index (κ1) is 18.0. The molecule has 1 atom stereocenters. The van der Waals surface area contributed by atoms with Gasteiger partial charge in [0.05, 0.1) is 5.52 Å². The number of aromatic nitrogens is 3. The summed E-state index contributed by atoms with van der Waals surface area (Å²) in [6.45, 7) is 5.77. The second kappa shape index (κ2) is 6.96. The Bertz CT molecular complexity index is 1250. The standard InChI is InChI=1S/C22H22N4O2/c1-4-16-9-5-7-11-18(16)23-22(28)15(3)26-19-12-8-6-10-17(19)21-24-20(27)13-14(2)25(21)26/h5-13,15H,4H2,1-3H3,(H,23,28)/t15-/m0/s1. The summed E-state index contributed by atoms with van der Waals surface area (Å²) in [6.07, 6.45) is 0.838. The van der Waals surface area contributed by atoms with Crippen molar-refractivity contribution in [3.63, 3.8) is 0 Å². The van der Waals surface area contributed by atoms with Crippen LogP contribution in [0.4, 0.5) is 5.69 Å². The molecule has 0 spiro atoms. The SMILES string of the molecule is CCc1ccccc1NC(=O)[C@H](C)n1c2ccccc2c2nc(=O)cc(C)n21. The molecule has 4 aromatic rings. The molecule has 0 aliphatic carbocycles. The fraction of sp³-hybridized carbons (Fsp3) is 0.227. The Kier molecular flexibility index (Phi) is 4.47. The van der Waals surface area contributed by atoms with E-state index in [1.165, 1.54) is 6.07 Å². The van der Waals surface area contributed by atoms with Crippen molar-refractivity contribution in [2.24, 2.45) is 0 Å². The number of benzene rings is 2. The number of para-hydroxylation sites is 2. The van der Waals surface area contributed by atoms with Crippen molar-refractivity contribution < 1.29 is 4.79 Å². The maximum atomic E-state index is 13.1. The topological polar surface area (TPSA) is 68.4 Å². The van der Waals surface area contributed by atoms with E-state index in [2.05, 4.69) is 17.2 Å². The molecule has 0 fully saturated rings. The largest absolute Gasteiger partial charge is 0.324 e. The highest BCUT2D eigenvalue weighted by atomic mass is 16.2. The van der Waals surface area contributed by atoms with Gasteiger partial charge in [0.25, 0.3) is 5.56 Å².